The first kappa shape index (κ1) is 9.85. The molecule has 2 fully saturated rings. The molecule has 2 aliphatic rings. The molecule has 2 atom stereocenters. The fourth-order valence-electron chi connectivity index (χ4n) is 3.10. The molecule has 0 radical (unpaired) electrons. The standard InChI is InChI=1S/C11H21NS/c1-9(7-12)10-3-6-13-8-11(10)4-2-5-11/h9-10H,2-8,12H2,1H3. The Bertz CT molecular complexity index is 177. The molecule has 76 valence electrons. The van der Waals surface area contributed by atoms with Crippen LogP contribution in [0.1, 0.15) is 32.6 Å². The van der Waals surface area contributed by atoms with E-state index in [1.54, 1.807) is 0 Å². The summed E-state index contributed by atoms with van der Waals surface area (Å²) in [5, 5.41) is 0. The Morgan fingerprint density at radius 2 is 2.31 bits per heavy atom. The second-order valence-corrected chi connectivity index (χ2v) is 5.98. The lowest BCUT2D eigenvalue weighted by Crippen LogP contribution is -2.46. The second-order valence-electron chi connectivity index (χ2n) is 4.88. The lowest BCUT2D eigenvalue weighted by molar-refractivity contribution is 0.0374. The number of nitrogens with two attached hydrogens (primary N) is 1. The van der Waals surface area contributed by atoms with Crippen molar-refractivity contribution in [2.45, 2.75) is 32.6 Å². The SMILES string of the molecule is CC(CN)C1CCSCC12CCC2. The first-order valence-electron chi connectivity index (χ1n) is 5.56. The quantitative estimate of drug-likeness (QED) is 0.739. The van der Waals surface area contributed by atoms with Crippen LogP contribution in [0.25, 0.3) is 0 Å². The zero-order chi connectivity index (χ0) is 9.31. The molecule has 2 unspecified atom stereocenters. The van der Waals surface area contributed by atoms with E-state index in [0.29, 0.717) is 0 Å². The van der Waals surface area contributed by atoms with E-state index in [2.05, 4.69) is 18.7 Å². The second kappa shape index (κ2) is 3.82. The van der Waals surface area contributed by atoms with Crippen LogP contribution in [0.15, 0.2) is 0 Å². The molecule has 2 heteroatoms. The van der Waals surface area contributed by atoms with Gasteiger partial charge in [0.1, 0.15) is 0 Å². The van der Waals surface area contributed by atoms with Crippen LogP contribution in [-0.2, 0) is 0 Å². The van der Waals surface area contributed by atoms with Crippen LogP contribution < -0.4 is 5.73 Å². The highest BCUT2D eigenvalue weighted by Gasteiger charge is 2.46. The molecule has 0 amide bonds. The summed E-state index contributed by atoms with van der Waals surface area (Å²) >= 11 is 2.17. The Balaban J connectivity index is 2.04. The average Bonchev–Trinajstić information content (AvgIpc) is 2.14. The maximum absolute atomic E-state index is 5.80. The first-order valence-corrected chi connectivity index (χ1v) is 6.72. The third-order valence-electron chi connectivity index (χ3n) is 4.16. The van der Waals surface area contributed by atoms with Gasteiger partial charge in [-0.3, -0.25) is 0 Å². The maximum atomic E-state index is 5.80. The van der Waals surface area contributed by atoms with E-state index < -0.39 is 0 Å². The van der Waals surface area contributed by atoms with Crippen molar-refractivity contribution in [1.82, 2.24) is 0 Å². The van der Waals surface area contributed by atoms with Crippen LogP contribution in [-0.4, -0.2) is 18.1 Å². The maximum Gasteiger partial charge on any atom is -0.000804 e. The van der Waals surface area contributed by atoms with E-state index in [4.69, 9.17) is 5.73 Å². The van der Waals surface area contributed by atoms with Crippen LogP contribution >= 0.6 is 11.8 Å². The van der Waals surface area contributed by atoms with Crippen molar-refractivity contribution in [3.8, 4) is 0 Å². The molecule has 2 rings (SSSR count). The zero-order valence-electron chi connectivity index (χ0n) is 8.59. The summed E-state index contributed by atoms with van der Waals surface area (Å²) < 4.78 is 0. The number of thioether (sulfide) groups is 1. The highest BCUT2D eigenvalue weighted by Crippen LogP contribution is 2.55. The van der Waals surface area contributed by atoms with E-state index in [0.717, 1.165) is 23.8 Å². The van der Waals surface area contributed by atoms with Crippen LogP contribution in [0.5, 0.6) is 0 Å². The van der Waals surface area contributed by atoms with E-state index >= 15 is 0 Å². The molecule has 1 saturated heterocycles. The predicted octanol–water partition coefficient (Wildman–Crippen LogP) is 2.50. The van der Waals surface area contributed by atoms with E-state index in [9.17, 15) is 0 Å². The Morgan fingerprint density at radius 1 is 1.54 bits per heavy atom. The molecule has 0 aromatic rings. The van der Waals surface area contributed by atoms with Crippen LogP contribution in [0.4, 0.5) is 0 Å². The van der Waals surface area contributed by atoms with Gasteiger partial charge in [-0.2, -0.15) is 11.8 Å². The van der Waals surface area contributed by atoms with Gasteiger partial charge in [-0.1, -0.05) is 13.3 Å². The van der Waals surface area contributed by atoms with E-state index in [1.807, 2.05) is 0 Å². The van der Waals surface area contributed by atoms with Crippen molar-refractivity contribution in [3.63, 3.8) is 0 Å². The molecule has 1 heterocycles. The molecule has 0 aromatic heterocycles. The molecular weight excluding hydrogens is 178 g/mol. The van der Waals surface area contributed by atoms with Gasteiger partial charge in [0.05, 0.1) is 0 Å². The molecular formula is C11H21NS. The minimum atomic E-state index is 0.724. The number of hydrogen-bond donors (Lipinski definition) is 1. The summed E-state index contributed by atoms with van der Waals surface area (Å²) in [6, 6.07) is 0. The molecule has 13 heavy (non-hydrogen) atoms. The molecule has 1 aliphatic heterocycles. The van der Waals surface area contributed by atoms with Crippen LogP contribution in [0.3, 0.4) is 0 Å². The van der Waals surface area contributed by atoms with E-state index in [1.165, 1.54) is 37.2 Å². The van der Waals surface area contributed by atoms with Crippen molar-refractivity contribution in [2.24, 2.45) is 23.0 Å². The number of rotatable bonds is 2. The molecule has 0 aromatic carbocycles. The lowest BCUT2D eigenvalue weighted by Gasteiger charge is -2.52. The van der Waals surface area contributed by atoms with Gasteiger partial charge in [-0.25, -0.2) is 0 Å². The predicted molar refractivity (Wildman–Crippen MR) is 59.9 cm³/mol. The van der Waals surface area contributed by atoms with Crippen molar-refractivity contribution in [2.75, 3.05) is 18.1 Å². The summed E-state index contributed by atoms with van der Waals surface area (Å²) in [5.74, 6) is 4.48. The zero-order valence-corrected chi connectivity index (χ0v) is 9.41. The first-order chi connectivity index (χ1) is 6.28. The number of hydrogen-bond acceptors (Lipinski definition) is 2. The lowest BCUT2D eigenvalue weighted by atomic mass is 9.58. The topological polar surface area (TPSA) is 26.0 Å². The summed E-state index contributed by atoms with van der Waals surface area (Å²) in [6.45, 7) is 3.23. The van der Waals surface area contributed by atoms with Crippen molar-refractivity contribution in [3.05, 3.63) is 0 Å². The van der Waals surface area contributed by atoms with Gasteiger partial charge >= 0.3 is 0 Å². The highest BCUT2D eigenvalue weighted by molar-refractivity contribution is 7.99. The van der Waals surface area contributed by atoms with Crippen molar-refractivity contribution in [1.29, 1.82) is 0 Å². The fourth-order valence-corrected chi connectivity index (χ4v) is 4.57. The van der Waals surface area contributed by atoms with Gasteiger partial charge in [0.2, 0.25) is 0 Å². The summed E-state index contributed by atoms with van der Waals surface area (Å²) in [7, 11) is 0. The van der Waals surface area contributed by atoms with E-state index in [-0.39, 0.29) is 0 Å². The normalized spacial score (nSPS) is 34.2. The van der Waals surface area contributed by atoms with Gasteiger partial charge in [-0.15, -0.1) is 0 Å². The molecule has 1 saturated carbocycles. The molecule has 1 aliphatic carbocycles. The minimum Gasteiger partial charge on any atom is -0.330 e. The Kier molecular flexibility index (Phi) is 2.89. The largest absolute Gasteiger partial charge is 0.330 e. The molecule has 0 bridgehead atoms. The van der Waals surface area contributed by atoms with Crippen molar-refractivity contribution >= 4 is 11.8 Å². The summed E-state index contributed by atoms with van der Waals surface area (Å²) in [6.07, 6.45) is 5.85. The monoisotopic (exact) mass is 199 g/mol. The average molecular weight is 199 g/mol. The van der Waals surface area contributed by atoms with Gasteiger partial charge in [-0.05, 0) is 54.6 Å². The molecule has 2 N–H and O–H groups in total. The van der Waals surface area contributed by atoms with Crippen molar-refractivity contribution < 1.29 is 0 Å². The van der Waals surface area contributed by atoms with Gasteiger partial charge in [0.15, 0.2) is 0 Å². The Morgan fingerprint density at radius 3 is 2.85 bits per heavy atom. The fraction of sp³-hybridized carbons (Fsp3) is 1.00. The van der Waals surface area contributed by atoms with Gasteiger partial charge in [0.25, 0.3) is 0 Å². The third-order valence-corrected chi connectivity index (χ3v) is 5.46. The van der Waals surface area contributed by atoms with Gasteiger partial charge < -0.3 is 5.73 Å². The summed E-state index contributed by atoms with van der Waals surface area (Å²) in [5.41, 5.74) is 6.52. The smallest absolute Gasteiger partial charge is 0.000804 e. The molecule has 1 spiro atoms. The summed E-state index contributed by atoms with van der Waals surface area (Å²) in [4.78, 5) is 0. The van der Waals surface area contributed by atoms with Crippen LogP contribution in [0, 0.1) is 17.3 Å². The van der Waals surface area contributed by atoms with Crippen LogP contribution in [0.2, 0.25) is 0 Å². The third kappa shape index (κ3) is 1.63. The Hall–Kier alpha value is 0.310. The van der Waals surface area contributed by atoms with Gasteiger partial charge in [0, 0.05) is 0 Å². The minimum absolute atomic E-state index is 0.724. The Labute approximate surface area is 85.8 Å². The highest BCUT2D eigenvalue weighted by atomic mass is 32.2. The molecule has 1 nitrogen and oxygen atoms in total.